The Labute approximate surface area is 124 Å². The zero-order valence-corrected chi connectivity index (χ0v) is 13.7. The molecule has 2 aliphatic rings. The summed E-state index contributed by atoms with van der Waals surface area (Å²) in [4.78, 5) is 14.9. The summed E-state index contributed by atoms with van der Waals surface area (Å²) in [5, 5.41) is 3.60. The van der Waals surface area contributed by atoms with Crippen molar-refractivity contribution >= 4 is 5.91 Å². The maximum Gasteiger partial charge on any atom is 0.241 e. The summed E-state index contributed by atoms with van der Waals surface area (Å²) in [5.74, 6) is 2.30. The van der Waals surface area contributed by atoms with E-state index in [2.05, 4.69) is 37.9 Å². The van der Waals surface area contributed by atoms with Crippen molar-refractivity contribution in [3.63, 3.8) is 0 Å². The van der Waals surface area contributed by atoms with E-state index in [1.165, 1.54) is 25.7 Å². The third-order valence-corrected chi connectivity index (χ3v) is 4.68. The molecular weight excluding hydrogens is 248 g/mol. The lowest BCUT2D eigenvalue weighted by atomic mass is 10.0. The van der Waals surface area contributed by atoms with E-state index in [1.54, 1.807) is 0 Å². The Balaban J connectivity index is 2.00. The van der Waals surface area contributed by atoms with Crippen molar-refractivity contribution in [3.05, 3.63) is 0 Å². The molecule has 0 bridgehead atoms. The van der Waals surface area contributed by atoms with Crippen LogP contribution in [-0.4, -0.2) is 29.6 Å². The summed E-state index contributed by atoms with van der Waals surface area (Å²) in [6.45, 7) is 9.88. The van der Waals surface area contributed by atoms with Gasteiger partial charge < -0.3 is 4.90 Å². The van der Waals surface area contributed by atoms with Crippen molar-refractivity contribution in [1.29, 1.82) is 0 Å². The molecule has 2 fully saturated rings. The molecular formula is C17H32N2O. The van der Waals surface area contributed by atoms with Gasteiger partial charge in [-0.15, -0.1) is 0 Å². The molecule has 116 valence electrons. The maximum atomic E-state index is 12.7. The van der Waals surface area contributed by atoms with Crippen LogP contribution in [0.25, 0.3) is 0 Å². The van der Waals surface area contributed by atoms with Gasteiger partial charge in [0.1, 0.15) is 0 Å². The van der Waals surface area contributed by atoms with Crippen molar-refractivity contribution in [3.8, 4) is 0 Å². The molecule has 1 saturated heterocycles. The standard InChI is InChI=1S/C17H32N2O/c1-12(2)9-15-17(20)19(11-14-7-5-6-8-14)16(18-15)10-13(3)4/h12-16,18H,5-11H2,1-4H3. The van der Waals surface area contributed by atoms with Gasteiger partial charge >= 0.3 is 0 Å². The van der Waals surface area contributed by atoms with Gasteiger partial charge in [0, 0.05) is 6.54 Å². The highest BCUT2D eigenvalue weighted by Gasteiger charge is 2.39. The smallest absolute Gasteiger partial charge is 0.241 e. The lowest BCUT2D eigenvalue weighted by Crippen LogP contribution is -2.40. The number of rotatable bonds is 6. The normalized spacial score (nSPS) is 28.3. The Morgan fingerprint density at radius 3 is 2.25 bits per heavy atom. The third kappa shape index (κ3) is 3.97. The first-order valence-corrected chi connectivity index (χ1v) is 8.54. The fourth-order valence-corrected chi connectivity index (χ4v) is 3.72. The minimum absolute atomic E-state index is 0.0557. The summed E-state index contributed by atoms with van der Waals surface area (Å²) in [5.41, 5.74) is 0. The van der Waals surface area contributed by atoms with Crippen LogP contribution in [0.4, 0.5) is 0 Å². The van der Waals surface area contributed by atoms with Crippen LogP contribution in [0.1, 0.15) is 66.2 Å². The van der Waals surface area contributed by atoms with Gasteiger partial charge in [0.15, 0.2) is 0 Å². The van der Waals surface area contributed by atoms with E-state index in [0.29, 0.717) is 17.7 Å². The van der Waals surface area contributed by atoms with Crippen LogP contribution in [0.3, 0.4) is 0 Å². The fraction of sp³-hybridized carbons (Fsp3) is 0.941. The maximum absolute atomic E-state index is 12.7. The predicted molar refractivity (Wildman–Crippen MR) is 83.3 cm³/mol. The molecule has 0 aromatic heterocycles. The van der Waals surface area contributed by atoms with Crippen molar-refractivity contribution in [1.82, 2.24) is 10.2 Å². The van der Waals surface area contributed by atoms with Crippen LogP contribution < -0.4 is 5.32 Å². The summed E-state index contributed by atoms with van der Waals surface area (Å²) >= 11 is 0. The molecule has 0 spiro atoms. The number of amides is 1. The SMILES string of the molecule is CC(C)CC1NC(CC(C)C)N(CC2CCCC2)C1=O. The van der Waals surface area contributed by atoms with Crippen molar-refractivity contribution in [2.45, 2.75) is 78.4 Å². The molecule has 0 aromatic rings. The number of hydrogen-bond donors (Lipinski definition) is 1. The lowest BCUT2D eigenvalue weighted by Gasteiger charge is -2.28. The number of nitrogens with one attached hydrogen (secondary N) is 1. The number of carbonyl (C=O) groups excluding carboxylic acids is 1. The van der Waals surface area contributed by atoms with Gasteiger partial charge in [0.05, 0.1) is 12.2 Å². The summed E-state index contributed by atoms with van der Waals surface area (Å²) in [6, 6.07) is 0.0557. The average molecular weight is 280 g/mol. The molecule has 1 N–H and O–H groups in total. The van der Waals surface area contributed by atoms with E-state index in [9.17, 15) is 4.79 Å². The van der Waals surface area contributed by atoms with Gasteiger partial charge in [-0.05, 0) is 43.4 Å². The van der Waals surface area contributed by atoms with E-state index >= 15 is 0 Å². The van der Waals surface area contributed by atoms with Crippen LogP contribution in [0.2, 0.25) is 0 Å². The second kappa shape index (κ2) is 6.93. The number of nitrogens with zero attached hydrogens (tertiary/aromatic N) is 1. The number of carbonyl (C=O) groups is 1. The first-order valence-electron chi connectivity index (χ1n) is 8.54. The number of hydrogen-bond acceptors (Lipinski definition) is 2. The Hall–Kier alpha value is -0.570. The highest BCUT2D eigenvalue weighted by Crippen LogP contribution is 2.29. The molecule has 1 aliphatic carbocycles. The molecule has 3 heteroatoms. The predicted octanol–water partition coefficient (Wildman–Crippen LogP) is 3.40. The fourth-order valence-electron chi connectivity index (χ4n) is 3.72. The van der Waals surface area contributed by atoms with Crippen molar-refractivity contribution in [2.75, 3.05) is 6.54 Å². The molecule has 0 aromatic carbocycles. The largest absolute Gasteiger partial charge is 0.326 e. The topological polar surface area (TPSA) is 32.3 Å². The molecule has 1 aliphatic heterocycles. The molecule has 0 radical (unpaired) electrons. The average Bonchev–Trinajstić information content (AvgIpc) is 2.93. The molecule has 2 atom stereocenters. The first kappa shape index (κ1) is 15.8. The Kier molecular flexibility index (Phi) is 5.48. The summed E-state index contributed by atoms with van der Waals surface area (Å²) in [7, 11) is 0. The monoisotopic (exact) mass is 280 g/mol. The summed E-state index contributed by atoms with van der Waals surface area (Å²) in [6.07, 6.45) is 7.64. The highest BCUT2D eigenvalue weighted by molar-refractivity contribution is 5.84. The second-order valence-electron chi connectivity index (χ2n) is 7.64. The van der Waals surface area contributed by atoms with Gasteiger partial charge in [0.25, 0.3) is 0 Å². The van der Waals surface area contributed by atoms with E-state index < -0.39 is 0 Å². The molecule has 2 unspecified atom stereocenters. The molecule has 1 heterocycles. The Morgan fingerprint density at radius 1 is 1.10 bits per heavy atom. The Bertz CT molecular complexity index is 321. The van der Waals surface area contributed by atoms with E-state index in [0.717, 1.165) is 25.3 Å². The second-order valence-corrected chi connectivity index (χ2v) is 7.64. The summed E-state index contributed by atoms with van der Waals surface area (Å²) < 4.78 is 0. The molecule has 1 amide bonds. The molecule has 1 saturated carbocycles. The molecule has 3 nitrogen and oxygen atoms in total. The van der Waals surface area contributed by atoms with Gasteiger partial charge in [-0.2, -0.15) is 0 Å². The van der Waals surface area contributed by atoms with Crippen LogP contribution in [-0.2, 0) is 4.79 Å². The van der Waals surface area contributed by atoms with Crippen molar-refractivity contribution in [2.24, 2.45) is 17.8 Å². The quantitative estimate of drug-likeness (QED) is 0.809. The minimum Gasteiger partial charge on any atom is -0.326 e. The third-order valence-electron chi connectivity index (χ3n) is 4.68. The highest BCUT2D eigenvalue weighted by atomic mass is 16.2. The van der Waals surface area contributed by atoms with Gasteiger partial charge in [-0.1, -0.05) is 40.5 Å². The minimum atomic E-state index is 0.0557. The van der Waals surface area contributed by atoms with E-state index in [4.69, 9.17) is 0 Å². The van der Waals surface area contributed by atoms with E-state index in [1.807, 2.05) is 0 Å². The van der Waals surface area contributed by atoms with Crippen molar-refractivity contribution < 1.29 is 4.79 Å². The first-order chi connectivity index (χ1) is 9.47. The molecule has 2 rings (SSSR count). The van der Waals surface area contributed by atoms with Crippen LogP contribution in [0.15, 0.2) is 0 Å². The van der Waals surface area contributed by atoms with Gasteiger partial charge in [-0.25, -0.2) is 0 Å². The van der Waals surface area contributed by atoms with Crippen LogP contribution in [0, 0.1) is 17.8 Å². The lowest BCUT2D eigenvalue weighted by molar-refractivity contribution is -0.131. The van der Waals surface area contributed by atoms with Crippen LogP contribution >= 0.6 is 0 Å². The zero-order chi connectivity index (χ0) is 14.7. The zero-order valence-electron chi connectivity index (χ0n) is 13.7. The van der Waals surface area contributed by atoms with Gasteiger partial charge in [-0.3, -0.25) is 10.1 Å². The van der Waals surface area contributed by atoms with Crippen LogP contribution in [0.5, 0.6) is 0 Å². The Morgan fingerprint density at radius 2 is 1.70 bits per heavy atom. The van der Waals surface area contributed by atoms with E-state index in [-0.39, 0.29) is 12.2 Å². The molecule has 20 heavy (non-hydrogen) atoms. The van der Waals surface area contributed by atoms with Gasteiger partial charge in [0.2, 0.25) is 5.91 Å².